The van der Waals surface area contributed by atoms with Crippen LogP contribution in [0.25, 0.3) is 0 Å². The van der Waals surface area contributed by atoms with Crippen LogP contribution in [0.2, 0.25) is 0 Å². The Bertz CT molecular complexity index is 972. The maximum Gasteiger partial charge on any atom is 0.262 e. The van der Waals surface area contributed by atoms with E-state index in [9.17, 15) is 9.59 Å². The van der Waals surface area contributed by atoms with Crippen molar-refractivity contribution in [2.24, 2.45) is 0 Å². The van der Waals surface area contributed by atoms with Gasteiger partial charge in [-0.25, -0.2) is 0 Å². The van der Waals surface area contributed by atoms with E-state index in [1.807, 2.05) is 44.2 Å². The number of nitrogens with zero attached hydrogens (tertiary/aromatic N) is 1. The Hall–Kier alpha value is -3.67. The fourth-order valence-corrected chi connectivity index (χ4v) is 2.76. The number of rotatable bonds is 7. The van der Waals surface area contributed by atoms with Gasteiger partial charge in [0.05, 0.1) is 23.5 Å². The van der Waals surface area contributed by atoms with Crippen molar-refractivity contribution in [3.63, 3.8) is 0 Å². The van der Waals surface area contributed by atoms with Crippen LogP contribution in [0.15, 0.2) is 72.9 Å². The van der Waals surface area contributed by atoms with E-state index < -0.39 is 0 Å². The third kappa shape index (κ3) is 5.65. The molecule has 3 rings (SSSR count). The summed E-state index contributed by atoms with van der Waals surface area (Å²) in [6, 6.07) is 20.0. The molecular weight excluding hydrogens is 366 g/mol. The SMILES string of the molecule is Cc1ccc(OCC(=O)Nc2ccccc2C(=O)NC(C)c2ccccc2)cn1. The molecule has 2 N–H and O–H groups in total. The number of ether oxygens (including phenoxy) is 1. The number of aryl methyl sites for hydroxylation is 1. The zero-order valence-corrected chi connectivity index (χ0v) is 16.4. The average molecular weight is 389 g/mol. The second-order valence-corrected chi connectivity index (χ2v) is 6.62. The monoisotopic (exact) mass is 389 g/mol. The molecule has 1 aromatic heterocycles. The predicted octanol–water partition coefficient (Wildman–Crippen LogP) is 3.90. The van der Waals surface area contributed by atoms with Crippen molar-refractivity contribution in [2.75, 3.05) is 11.9 Å². The van der Waals surface area contributed by atoms with E-state index >= 15 is 0 Å². The van der Waals surface area contributed by atoms with Crippen LogP contribution >= 0.6 is 0 Å². The normalized spacial score (nSPS) is 11.4. The summed E-state index contributed by atoms with van der Waals surface area (Å²) in [6.45, 7) is 3.61. The van der Waals surface area contributed by atoms with Gasteiger partial charge in [-0.3, -0.25) is 14.6 Å². The van der Waals surface area contributed by atoms with Crippen molar-refractivity contribution in [1.29, 1.82) is 0 Å². The molecule has 3 aromatic rings. The van der Waals surface area contributed by atoms with Crippen molar-refractivity contribution < 1.29 is 14.3 Å². The van der Waals surface area contributed by atoms with Gasteiger partial charge in [-0.05, 0) is 43.7 Å². The molecule has 1 heterocycles. The summed E-state index contributed by atoms with van der Waals surface area (Å²) < 4.78 is 5.44. The largest absolute Gasteiger partial charge is 0.482 e. The second-order valence-electron chi connectivity index (χ2n) is 6.62. The summed E-state index contributed by atoms with van der Waals surface area (Å²) in [5, 5.41) is 5.70. The van der Waals surface area contributed by atoms with Crippen molar-refractivity contribution in [3.8, 4) is 5.75 Å². The molecule has 0 aliphatic rings. The van der Waals surface area contributed by atoms with Crippen LogP contribution in [0.1, 0.15) is 34.6 Å². The first-order valence-electron chi connectivity index (χ1n) is 9.33. The van der Waals surface area contributed by atoms with Crippen molar-refractivity contribution in [2.45, 2.75) is 19.9 Å². The lowest BCUT2D eigenvalue weighted by Crippen LogP contribution is -2.28. The molecule has 2 amide bonds. The minimum absolute atomic E-state index is 0.162. The zero-order chi connectivity index (χ0) is 20.6. The Kier molecular flexibility index (Phi) is 6.58. The molecule has 0 saturated heterocycles. The van der Waals surface area contributed by atoms with E-state index in [-0.39, 0.29) is 24.5 Å². The van der Waals surface area contributed by atoms with E-state index in [0.717, 1.165) is 11.3 Å². The maximum atomic E-state index is 12.7. The molecule has 148 valence electrons. The van der Waals surface area contributed by atoms with Crippen LogP contribution in [0.4, 0.5) is 5.69 Å². The smallest absolute Gasteiger partial charge is 0.262 e. The molecule has 0 spiro atoms. The third-order valence-corrected chi connectivity index (χ3v) is 4.35. The minimum atomic E-state index is -0.359. The molecule has 6 nitrogen and oxygen atoms in total. The quantitative estimate of drug-likeness (QED) is 0.642. The van der Waals surface area contributed by atoms with Crippen LogP contribution < -0.4 is 15.4 Å². The number of para-hydroxylation sites is 1. The number of carbonyl (C=O) groups is 2. The van der Waals surface area contributed by atoms with E-state index in [0.29, 0.717) is 17.0 Å². The van der Waals surface area contributed by atoms with Gasteiger partial charge in [0.15, 0.2) is 6.61 Å². The number of pyridine rings is 1. The van der Waals surface area contributed by atoms with Crippen LogP contribution in [0, 0.1) is 6.92 Å². The van der Waals surface area contributed by atoms with Crippen LogP contribution in [0.5, 0.6) is 5.75 Å². The van der Waals surface area contributed by atoms with Crippen molar-refractivity contribution in [1.82, 2.24) is 10.3 Å². The summed E-state index contributed by atoms with van der Waals surface area (Å²) >= 11 is 0. The first-order valence-corrected chi connectivity index (χ1v) is 9.33. The molecule has 1 atom stereocenters. The Morgan fingerprint density at radius 1 is 1.00 bits per heavy atom. The van der Waals surface area contributed by atoms with Gasteiger partial charge >= 0.3 is 0 Å². The van der Waals surface area contributed by atoms with E-state index in [4.69, 9.17) is 4.74 Å². The highest BCUT2D eigenvalue weighted by Crippen LogP contribution is 2.18. The van der Waals surface area contributed by atoms with Gasteiger partial charge in [0, 0.05) is 5.69 Å². The first-order chi connectivity index (χ1) is 14.0. The zero-order valence-electron chi connectivity index (χ0n) is 16.4. The molecule has 1 unspecified atom stereocenters. The number of anilines is 1. The second kappa shape index (κ2) is 9.50. The molecule has 29 heavy (non-hydrogen) atoms. The summed E-state index contributed by atoms with van der Waals surface area (Å²) in [7, 11) is 0. The molecular formula is C23H23N3O3. The first kappa shape index (κ1) is 20.1. The number of nitrogens with one attached hydrogen (secondary N) is 2. The molecule has 0 aliphatic carbocycles. The van der Waals surface area contributed by atoms with Gasteiger partial charge in [0.2, 0.25) is 0 Å². The number of benzene rings is 2. The van der Waals surface area contributed by atoms with Crippen molar-refractivity contribution in [3.05, 3.63) is 89.7 Å². The molecule has 0 fully saturated rings. The fourth-order valence-electron chi connectivity index (χ4n) is 2.76. The van der Waals surface area contributed by atoms with Gasteiger partial charge in [0.25, 0.3) is 11.8 Å². The van der Waals surface area contributed by atoms with E-state index in [1.54, 1.807) is 42.6 Å². The molecule has 0 saturated carbocycles. The summed E-state index contributed by atoms with van der Waals surface area (Å²) in [5.74, 6) is -0.115. The topological polar surface area (TPSA) is 80.3 Å². The lowest BCUT2D eigenvalue weighted by atomic mass is 10.1. The lowest BCUT2D eigenvalue weighted by molar-refractivity contribution is -0.118. The Morgan fingerprint density at radius 3 is 2.45 bits per heavy atom. The highest BCUT2D eigenvalue weighted by Gasteiger charge is 2.16. The summed E-state index contributed by atoms with van der Waals surface area (Å²) in [4.78, 5) is 29.1. The molecule has 0 aliphatic heterocycles. The van der Waals surface area contributed by atoms with E-state index in [1.165, 1.54) is 0 Å². The fraction of sp³-hybridized carbons (Fsp3) is 0.174. The van der Waals surface area contributed by atoms with Crippen molar-refractivity contribution >= 4 is 17.5 Å². The molecule has 0 radical (unpaired) electrons. The van der Waals surface area contributed by atoms with Gasteiger partial charge in [-0.15, -0.1) is 0 Å². The summed E-state index contributed by atoms with van der Waals surface area (Å²) in [6.07, 6.45) is 1.56. The summed E-state index contributed by atoms with van der Waals surface area (Å²) in [5.41, 5.74) is 2.69. The molecule has 6 heteroatoms. The van der Waals surface area contributed by atoms with Gasteiger partial charge < -0.3 is 15.4 Å². The number of carbonyl (C=O) groups excluding carboxylic acids is 2. The van der Waals surface area contributed by atoms with Crippen LogP contribution in [-0.2, 0) is 4.79 Å². The number of hydrogen-bond donors (Lipinski definition) is 2. The lowest BCUT2D eigenvalue weighted by Gasteiger charge is -2.16. The van der Waals surface area contributed by atoms with E-state index in [2.05, 4.69) is 15.6 Å². The Morgan fingerprint density at radius 2 is 1.72 bits per heavy atom. The van der Waals surface area contributed by atoms with Gasteiger partial charge in [-0.1, -0.05) is 42.5 Å². The number of amides is 2. The minimum Gasteiger partial charge on any atom is -0.482 e. The third-order valence-electron chi connectivity index (χ3n) is 4.35. The van der Waals surface area contributed by atoms with Crippen LogP contribution in [0.3, 0.4) is 0 Å². The predicted molar refractivity (Wildman–Crippen MR) is 112 cm³/mol. The Labute approximate surface area is 169 Å². The van der Waals surface area contributed by atoms with Gasteiger partial charge in [-0.2, -0.15) is 0 Å². The average Bonchev–Trinajstić information content (AvgIpc) is 2.74. The standard InChI is InChI=1S/C23H23N3O3/c1-16-12-13-19(14-24-16)29-15-22(27)26-21-11-7-6-10-20(21)23(28)25-17(2)18-8-4-3-5-9-18/h3-14,17H,15H2,1-2H3,(H,25,28)(H,26,27). The van der Waals surface area contributed by atoms with Crippen LogP contribution in [-0.4, -0.2) is 23.4 Å². The maximum absolute atomic E-state index is 12.7. The number of aromatic nitrogens is 1. The molecule has 2 aromatic carbocycles. The van der Waals surface area contributed by atoms with Gasteiger partial charge in [0.1, 0.15) is 5.75 Å². The number of hydrogen-bond acceptors (Lipinski definition) is 4. The molecule has 0 bridgehead atoms. The Balaban J connectivity index is 1.62. The highest BCUT2D eigenvalue weighted by atomic mass is 16.5. The highest BCUT2D eigenvalue weighted by molar-refractivity contribution is 6.04.